The van der Waals surface area contributed by atoms with Crippen LogP contribution in [0.25, 0.3) is 0 Å². The van der Waals surface area contributed by atoms with Crippen molar-refractivity contribution in [3.05, 3.63) is 0 Å². The molecule has 1 atom stereocenters. The summed E-state index contributed by atoms with van der Waals surface area (Å²) in [6.07, 6.45) is 1.63. The van der Waals surface area contributed by atoms with E-state index in [1.165, 1.54) is 0 Å². The highest BCUT2D eigenvalue weighted by molar-refractivity contribution is 8.93. The van der Waals surface area contributed by atoms with Gasteiger partial charge < -0.3 is 9.64 Å². The first-order chi connectivity index (χ1) is 5.75. The quantitative estimate of drug-likeness (QED) is 0.606. The molecular weight excluding hydrogens is 256 g/mol. The zero-order valence-corrected chi connectivity index (χ0v) is 9.95. The minimum Gasteiger partial charge on any atom is -0.464 e. The Balaban J connectivity index is 0.00000144. The summed E-state index contributed by atoms with van der Waals surface area (Å²) in [5, 5.41) is -0.504. The minimum absolute atomic E-state index is 0. The molecule has 1 rings (SSSR count). The molecule has 0 aromatic carbocycles. The van der Waals surface area contributed by atoms with Crippen LogP contribution in [0.3, 0.4) is 0 Å². The van der Waals surface area contributed by atoms with Crippen LogP contribution in [-0.4, -0.2) is 42.3 Å². The molecule has 0 aromatic heterocycles. The Hall–Kier alpha value is -0.230. The molecule has 0 amide bonds. The number of nitrogens with zero attached hydrogens (tertiary/aromatic N) is 2. The maximum Gasteiger partial charge on any atom is 0.339 e. The molecule has 0 radical (unpaired) electrons. The lowest BCUT2D eigenvalue weighted by molar-refractivity contribution is -0.144. The van der Waals surface area contributed by atoms with Crippen LogP contribution in [0.4, 0.5) is 0 Å². The fourth-order valence-electron chi connectivity index (χ4n) is 0.931. The average molecular weight is 269 g/mol. The van der Waals surface area contributed by atoms with Gasteiger partial charge in [0.1, 0.15) is 0 Å². The zero-order chi connectivity index (χ0) is 8.97. The Labute approximate surface area is 93.5 Å². The van der Waals surface area contributed by atoms with Crippen molar-refractivity contribution in [3.8, 4) is 0 Å². The Morgan fingerprint density at radius 2 is 2.54 bits per heavy atom. The predicted molar refractivity (Wildman–Crippen MR) is 59.8 cm³/mol. The van der Waals surface area contributed by atoms with Crippen molar-refractivity contribution >= 4 is 41.9 Å². The second kappa shape index (κ2) is 6.26. The molecule has 0 aliphatic carbocycles. The molecular formula is C7H13BrN2O2S. The molecule has 1 unspecified atom stereocenters. The van der Waals surface area contributed by atoms with Crippen molar-refractivity contribution < 1.29 is 9.53 Å². The Bertz CT molecular complexity index is 201. The lowest BCUT2D eigenvalue weighted by Crippen LogP contribution is -2.36. The van der Waals surface area contributed by atoms with Crippen LogP contribution in [0.2, 0.25) is 0 Å². The van der Waals surface area contributed by atoms with Gasteiger partial charge in [-0.25, -0.2) is 4.79 Å². The molecule has 6 heteroatoms. The maximum absolute atomic E-state index is 11.1. The van der Waals surface area contributed by atoms with Gasteiger partial charge in [-0.1, -0.05) is 0 Å². The monoisotopic (exact) mass is 268 g/mol. The number of hydrogen-bond acceptors (Lipinski definition) is 5. The van der Waals surface area contributed by atoms with E-state index < -0.39 is 5.37 Å². The van der Waals surface area contributed by atoms with Gasteiger partial charge in [0, 0.05) is 6.54 Å². The maximum atomic E-state index is 11.1. The number of rotatable bonds is 3. The van der Waals surface area contributed by atoms with Gasteiger partial charge in [-0.15, -0.1) is 29.6 Å². The van der Waals surface area contributed by atoms with E-state index in [0.717, 1.165) is 13.1 Å². The fourth-order valence-corrected chi connectivity index (χ4v) is 1.18. The fraction of sp³-hybridized carbons (Fsp3) is 0.714. The van der Waals surface area contributed by atoms with Gasteiger partial charge in [0.25, 0.3) is 0 Å². The van der Waals surface area contributed by atoms with Crippen molar-refractivity contribution in [1.29, 1.82) is 0 Å². The smallest absolute Gasteiger partial charge is 0.339 e. The van der Waals surface area contributed by atoms with Crippen LogP contribution in [-0.2, 0) is 9.53 Å². The second-order valence-corrected chi connectivity index (χ2v) is 2.87. The summed E-state index contributed by atoms with van der Waals surface area (Å²) in [7, 11) is 0. The number of aliphatic imine (C=N–C) groups is 1. The molecule has 0 saturated carbocycles. The second-order valence-electron chi connectivity index (χ2n) is 2.39. The molecule has 0 saturated heterocycles. The van der Waals surface area contributed by atoms with Crippen LogP contribution >= 0.6 is 29.6 Å². The molecule has 0 bridgehead atoms. The highest BCUT2D eigenvalue weighted by atomic mass is 79.9. The van der Waals surface area contributed by atoms with Crippen LogP contribution < -0.4 is 0 Å². The van der Waals surface area contributed by atoms with E-state index in [4.69, 9.17) is 4.74 Å². The molecule has 4 nitrogen and oxygen atoms in total. The van der Waals surface area contributed by atoms with E-state index >= 15 is 0 Å². The van der Waals surface area contributed by atoms with Crippen molar-refractivity contribution in [3.63, 3.8) is 0 Å². The van der Waals surface area contributed by atoms with Crippen molar-refractivity contribution in [2.45, 2.75) is 12.3 Å². The highest BCUT2D eigenvalue weighted by Gasteiger charge is 2.22. The summed E-state index contributed by atoms with van der Waals surface area (Å²) in [4.78, 5) is 16.9. The highest BCUT2D eigenvalue weighted by Crippen LogP contribution is 2.07. The molecule has 13 heavy (non-hydrogen) atoms. The number of carbonyl (C=O) groups is 1. The number of carbonyl (C=O) groups excluding carboxylic acids is 1. The third kappa shape index (κ3) is 3.56. The average Bonchev–Trinajstić information content (AvgIpc) is 2.55. The molecule has 0 fully saturated rings. The Kier molecular flexibility index (Phi) is 6.15. The lowest BCUT2D eigenvalue weighted by Gasteiger charge is -2.19. The first-order valence-corrected chi connectivity index (χ1v) is 4.37. The van der Waals surface area contributed by atoms with Crippen molar-refractivity contribution in [2.75, 3.05) is 19.7 Å². The molecule has 0 aromatic rings. The van der Waals surface area contributed by atoms with E-state index in [9.17, 15) is 4.79 Å². The lowest BCUT2D eigenvalue weighted by atomic mass is 10.5. The van der Waals surface area contributed by atoms with Crippen LogP contribution in [0.15, 0.2) is 4.99 Å². The van der Waals surface area contributed by atoms with Crippen LogP contribution in [0.5, 0.6) is 0 Å². The summed E-state index contributed by atoms with van der Waals surface area (Å²) in [6.45, 7) is 3.64. The Morgan fingerprint density at radius 1 is 1.85 bits per heavy atom. The summed E-state index contributed by atoms with van der Waals surface area (Å²) in [5.74, 6) is -0.311. The van der Waals surface area contributed by atoms with Gasteiger partial charge >= 0.3 is 5.97 Å². The van der Waals surface area contributed by atoms with Gasteiger partial charge in [0.2, 0.25) is 0 Å². The number of hydrogen-bond donors (Lipinski definition) is 1. The van der Waals surface area contributed by atoms with E-state index in [-0.39, 0.29) is 23.0 Å². The summed E-state index contributed by atoms with van der Waals surface area (Å²) in [6, 6.07) is 0. The standard InChI is InChI=1S/C7H12N2O2S.BrH/c1-2-11-7(10)6(12)9-4-3-8-5-9;/h5-6,12H,2-4H2,1H3;1H. The van der Waals surface area contributed by atoms with Crippen molar-refractivity contribution in [1.82, 2.24) is 4.90 Å². The van der Waals surface area contributed by atoms with Crippen molar-refractivity contribution in [2.24, 2.45) is 4.99 Å². The van der Waals surface area contributed by atoms with Gasteiger partial charge in [-0.3, -0.25) is 4.99 Å². The first-order valence-electron chi connectivity index (χ1n) is 3.86. The van der Waals surface area contributed by atoms with E-state index in [1.807, 2.05) is 0 Å². The number of ether oxygens (including phenoxy) is 1. The van der Waals surface area contributed by atoms with Gasteiger partial charge in [0.15, 0.2) is 5.37 Å². The minimum atomic E-state index is -0.504. The number of esters is 1. The van der Waals surface area contributed by atoms with E-state index in [0.29, 0.717) is 6.61 Å². The summed E-state index contributed by atoms with van der Waals surface area (Å²) >= 11 is 4.11. The normalized spacial score (nSPS) is 16.6. The summed E-state index contributed by atoms with van der Waals surface area (Å²) < 4.78 is 4.80. The predicted octanol–water partition coefficient (Wildman–Crippen LogP) is 0.727. The molecule has 1 aliphatic rings. The SMILES string of the molecule is Br.CCOC(=O)C(S)N1C=NCC1. The molecule has 0 spiro atoms. The van der Waals surface area contributed by atoms with Gasteiger partial charge in [-0.2, -0.15) is 0 Å². The Morgan fingerprint density at radius 3 is 3.00 bits per heavy atom. The molecule has 1 aliphatic heterocycles. The third-order valence-electron chi connectivity index (χ3n) is 1.53. The molecule has 0 N–H and O–H groups in total. The van der Waals surface area contributed by atoms with Crippen LogP contribution in [0.1, 0.15) is 6.92 Å². The summed E-state index contributed by atoms with van der Waals surface area (Å²) in [5.41, 5.74) is 0. The molecule has 1 heterocycles. The largest absolute Gasteiger partial charge is 0.464 e. The van der Waals surface area contributed by atoms with Crippen LogP contribution in [0, 0.1) is 0 Å². The first kappa shape index (κ1) is 12.8. The third-order valence-corrected chi connectivity index (χ3v) is 2.04. The molecule has 76 valence electrons. The zero-order valence-electron chi connectivity index (χ0n) is 7.34. The van der Waals surface area contributed by atoms with E-state index in [1.54, 1.807) is 18.2 Å². The van der Waals surface area contributed by atoms with Gasteiger partial charge in [-0.05, 0) is 6.92 Å². The topological polar surface area (TPSA) is 41.9 Å². The van der Waals surface area contributed by atoms with E-state index in [2.05, 4.69) is 17.6 Å². The number of thiol groups is 1. The van der Waals surface area contributed by atoms with Gasteiger partial charge in [0.05, 0.1) is 19.5 Å². The number of halogens is 1.